The Bertz CT molecular complexity index is 215. The molecule has 3 atom stereocenters. The maximum absolute atomic E-state index is 6.07. The van der Waals surface area contributed by atoms with Crippen LogP contribution in [0.5, 0.6) is 0 Å². The van der Waals surface area contributed by atoms with Gasteiger partial charge in [0.2, 0.25) is 0 Å². The van der Waals surface area contributed by atoms with Crippen LogP contribution >= 0.6 is 0 Å². The number of rotatable bonds is 12. The molecule has 1 fully saturated rings. The first kappa shape index (κ1) is 17.0. The van der Waals surface area contributed by atoms with Crippen molar-refractivity contribution >= 4 is 0 Å². The van der Waals surface area contributed by atoms with E-state index in [9.17, 15) is 0 Å². The molecule has 2 heteroatoms. The highest BCUT2D eigenvalue weighted by Gasteiger charge is 2.37. The van der Waals surface area contributed by atoms with E-state index in [2.05, 4.69) is 33.0 Å². The Kier molecular flexibility index (Phi) is 8.72. The molecular weight excluding hydrogens is 234 g/mol. The van der Waals surface area contributed by atoms with E-state index in [0.29, 0.717) is 12.1 Å². The maximum atomic E-state index is 6.07. The number of ether oxygens (including phenoxy) is 1. The average Bonchev–Trinajstić information content (AvgIpc) is 3.24. The summed E-state index contributed by atoms with van der Waals surface area (Å²) < 4.78 is 6.07. The van der Waals surface area contributed by atoms with E-state index in [1.807, 2.05) is 0 Å². The Balaban J connectivity index is 2.52. The van der Waals surface area contributed by atoms with Crippen molar-refractivity contribution in [1.82, 2.24) is 5.32 Å². The van der Waals surface area contributed by atoms with Crippen LogP contribution in [0.15, 0.2) is 0 Å². The van der Waals surface area contributed by atoms with E-state index in [0.717, 1.165) is 25.0 Å². The second-order valence-electron chi connectivity index (χ2n) is 6.07. The summed E-state index contributed by atoms with van der Waals surface area (Å²) in [5.74, 6) is 1.69. The normalized spacial score (nSPS) is 20.2. The minimum Gasteiger partial charge on any atom is -0.377 e. The number of hydrogen-bond donors (Lipinski definition) is 1. The summed E-state index contributed by atoms with van der Waals surface area (Å²) in [6.45, 7) is 10.9. The molecular formula is C17H35NO. The van der Waals surface area contributed by atoms with Gasteiger partial charge >= 0.3 is 0 Å². The fraction of sp³-hybridized carbons (Fsp3) is 1.00. The summed E-state index contributed by atoms with van der Waals surface area (Å²) in [5.41, 5.74) is 0. The Hall–Kier alpha value is -0.0800. The molecule has 0 amide bonds. The Labute approximate surface area is 120 Å². The molecule has 1 rings (SSSR count). The number of unbranched alkanes of at least 4 members (excludes halogenated alkanes) is 1. The zero-order chi connectivity index (χ0) is 14.1. The van der Waals surface area contributed by atoms with Gasteiger partial charge in [-0.05, 0) is 44.6 Å². The smallest absolute Gasteiger partial charge is 0.0756 e. The highest BCUT2D eigenvalue weighted by molar-refractivity contribution is 4.91. The third kappa shape index (κ3) is 6.27. The van der Waals surface area contributed by atoms with Gasteiger partial charge in [0.1, 0.15) is 0 Å². The molecule has 114 valence electrons. The second kappa shape index (κ2) is 9.77. The minimum absolute atomic E-state index is 0.459. The van der Waals surface area contributed by atoms with Crippen molar-refractivity contribution in [2.75, 3.05) is 13.2 Å². The van der Waals surface area contributed by atoms with Crippen LogP contribution in [0.25, 0.3) is 0 Å². The van der Waals surface area contributed by atoms with E-state index in [1.54, 1.807) is 0 Å². The molecule has 19 heavy (non-hydrogen) atoms. The van der Waals surface area contributed by atoms with E-state index in [4.69, 9.17) is 4.74 Å². The topological polar surface area (TPSA) is 21.3 Å². The van der Waals surface area contributed by atoms with Crippen molar-refractivity contribution in [2.45, 2.75) is 84.8 Å². The lowest BCUT2D eigenvalue weighted by atomic mass is 9.88. The summed E-state index contributed by atoms with van der Waals surface area (Å²) in [5, 5.41) is 3.71. The highest BCUT2D eigenvalue weighted by atomic mass is 16.5. The van der Waals surface area contributed by atoms with E-state index < -0.39 is 0 Å². The third-order valence-electron chi connectivity index (χ3n) is 4.44. The number of hydrogen-bond acceptors (Lipinski definition) is 2. The fourth-order valence-electron chi connectivity index (χ4n) is 3.13. The van der Waals surface area contributed by atoms with Crippen LogP contribution in [0.4, 0.5) is 0 Å². The molecule has 2 nitrogen and oxygen atoms in total. The summed E-state index contributed by atoms with van der Waals surface area (Å²) in [4.78, 5) is 0. The minimum atomic E-state index is 0.459. The Morgan fingerprint density at radius 3 is 2.37 bits per heavy atom. The molecule has 0 aliphatic heterocycles. The van der Waals surface area contributed by atoms with Crippen LogP contribution in [0, 0.1) is 11.8 Å². The monoisotopic (exact) mass is 269 g/mol. The first-order chi connectivity index (χ1) is 9.26. The number of likely N-dealkylation sites (N-methyl/N-ethyl adjacent to an activating group) is 1. The van der Waals surface area contributed by atoms with Crippen LogP contribution < -0.4 is 5.32 Å². The molecule has 0 bridgehead atoms. The first-order valence-electron chi connectivity index (χ1n) is 8.61. The molecule has 0 aromatic carbocycles. The highest BCUT2D eigenvalue weighted by Crippen LogP contribution is 2.37. The lowest BCUT2D eigenvalue weighted by molar-refractivity contribution is 0.0126. The van der Waals surface area contributed by atoms with Gasteiger partial charge in [0.25, 0.3) is 0 Å². The fourth-order valence-corrected chi connectivity index (χ4v) is 3.13. The van der Waals surface area contributed by atoms with Gasteiger partial charge in [0.15, 0.2) is 0 Å². The zero-order valence-electron chi connectivity index (χ0n) is 13.6. The molecule has 0 aromatic rings. The van der Waals surface area contributed by atoms with E-state index >= 15 is 0 Å². The van der Waals surface area contributed by atoms with Crippen molar-refractivity contribution in [3.05, 3.63) is 0 Å². The van der Waals surface area contributed by atoms with Crippen molar-refractivity contribution in [1.29, 1.82) is 0 Å². The van der Waals surface area contributed by atoms with Gasteiger partial charge in [-0.3, -0.25) is 0 Å². The quantitative estimate of drug-likeness (QED) is 0.567. The largest absolute Gasteiger partial charge is 0.377 e. The lowest BCUT2D eigenvalue weighted by Gasteiger charge is -2.31. The van der Waals surface area contributed by atoms with Gasteiger partial charge in [0, 0.05) is 12.6 Å². The molecule has 1 saturated carbocycles. The molecule has 1 aliphatic carbocycles. The predicted octanol–water partition coefficient (Wildman–Crippen LogP) is 4.39. The van der Waals surface area contributed by atoms with Crippen LogP contribution in [0.2, 0.25) is 0 Å². The van der Waals surface area contributed by atoms with Gasteiger partial charge in [-0.2, -0.15) is 0 Å². The van der Waals surface area contributed by atoms with E-state index in [1.165, 1.54) is 44.9 Å². The van der Waals surface area contributed by atoms with Crippen molar-refractivity contribution in [2.24, 2.45) is 11.8 Å². The molecule has 0 aromatic heterocycles. The van der Waals surface area contributed by atoms with Crippen molar-refractivity contribution < 1.29 is 4.74 Å². The van der Waals surface area contributed by atoms with Crippen LogP contribution in [0.3, 0.4) is 0 Å². The Morgan fingerprint density at radius 2 is 1.89 bits per heavy atom. The SMILES string of the molecule is CCCCC(CC)CC(NCC)C(OCC)C1CC1. The number of nitrogens with one attached hydrogen (secondary N) is 1. The van der Waals surface area contributed by atoms with Gasteiger partial charge in [-0.1, -0.05) is 46.5 Å². The molecule has 0 heterocycles. The van der Waals surface area contributed by atoms with Crippen molar-refractivity contribution in [3.63, 3.8) is 0 Å². The summed E-state index contributed by atoms with van der Waals surface area (Å²) in [6, 6.07) is 0.569. The van der Waals surface area contributed by atoms with E-state index in [-0.39, 0.29) is 0 Å². The van der Waals surface area contributed by atoms with Gasteiger partial charge in [0.05, 0.1) is 6.10 Å². The molecule has 1 aliphatic rings. The van der Waals surface area contributed by atoms with Gasteiger partial charge in [-0.15, -0.1) is 0 Å². The summed E-state index contributed by atoms with van der Waals surface area (Å²) >= 11 is 0. The summed E-state index contributed by atoms with van der Waals surface area (Å²) in [7, 11) is 0. The zero-order valence-corrected chi connectivity index (χ0v) is 13.6. The lowest BCUT2D eigenvalue weighted by Crippen LogP contribution is -2.44. The second-order valence-corrected chi connectivity index (χ2v) is 6.07. The third-order valence-corrected chi connectivity index (χ3v) is 4.44. The Morgan fingerprint density at radius 1 is 1.16 bits per heavy atom. The van der Waals surface area contributed by atoms with Crippen LogP contribution in [-0.2, 0) is 4.74 Å². The average molecular weight is 269 g/mol. The van der Waals surface area contributed by atoms with Crippen LogP contribution in [0.1, 0.15) is 72.6 Å². The molecule has 0 spiro atoms. The predicted molar refractivity (Wildman–Crippen MR) is 83.5 cm³/mol. The van der Waals surface area contributed by atoms with Gasteiger partial charge in [-0.25, -0.2) is 0 Å². The maximum Gasteiger partial charge on any atom is 0.0756 e. The van der Waals surface area contributed by atoms with Gasteiger partial charge < -0.3 is 10.1 Å². The molecule has 0 radical (unpaired) electrons. The van der Waals surface area contributed by atoms with Crippen LogP contribution in [-0.4, -0.2) is 25.3 Å². The molecule has 3 unspecified atom stereocenters. The molecule has 1 N–H and O–H groups in total. The molecule has 0 saturated heterocycles. The first-order valence-corrected chi connectivity index (χ1v) is 8.61. The standard InChI is InChI=1S/C17H35NO/c1-5-9-10-14(6-2)13-16(18-7-3)17(19-8-4)15-11-12-15/h14-18H,5-13H2,1-4H3. The van der Waals surface area contributed by atoms with Crippen molar-refractivity contribution in [3.8, 4) is 0 Å². The summed E-state index contributed by atoms with van der Waals surface area (Å²) in [6.07, 6.45) is 9.90.